The Kier molecular flexibility index (Phi) is 4.85. The summed E-state index contributed by atoms with van der Waals surface area (Å²) in [5.74, 6) is -1.41. The lowest BCUT2D eigenvalue weighted by Gasteiger charge is -2.24. The first-order valence-corrected chi connectivity index (χ1v) is 10.8. The van der Waals surface area contributed by atoms with E-state index in [1.807, 2.05) is 0 Å². The number of sulfonamides is 1. The van der Waals surface area contributed by atoms with E-state index in [1.54, 1.807) is 35.7 Å². The molecule has 1 aromatic carbocycles. The maximum absolute atomic E-state index is 12.5. The second kappa shape index (κ2) is 6.51. The van der Waals surface area contributed by atoms with Gasteiger partial charge in [-0.3, -0.25) is 4.72 Å². The second-order valence-corrected chi connectivity index (χ2v) is 10.7. The van der Waals surface area contributed by atoms with Gasteiger partial charge in [-0.2, -0.15) is 11.3 Å². The number of hydrogen-bond acceptors (Lipinski definition) is 5. The third-order valence-electron chi connectivity index (χ3n) is 3.46. The molecule has 0 spiro atoms. The number of benzene rings is 1. The van der Waals surface area contributed by atoms with Crippen LogP contribution in [0, 0.1) is 0 Å². The molecular formula is C15H11Cl2NO4S3. The van der Waals surface area contributed by atoms with Gasteiger partial charge in [0.25, 0.3) is 10.0 Å². The Hall–Kier alpha value is -1.19. The Morgan fingerprint density at radius 3 is 2.40 bits per heavy atom. The van der Waals surface area contributed by atoms with Crippen LogP contribution in [0.1, 0.15) is 5.56 Å². The molecule has 5 nitrogen and oxygen atoms in total. The summed E-state index contributed by atoms with van der Waals surface area (Å²) >= 11 is 14.8. The van der Waals surface area contributed by atoms with Crippen LogP contribution in [0.5, 0.6) is 0 Å². The first-order valence-electron chi connectivity index (χ1n) is 6.83. The molecule has 3 rings (SSSR count). The van der Waals surface area contributed by atoms with Gasteiger partial charge in [-0.25, -0.2) is 13.2 Å². The number of thiophene rings is 1. The number of nitrogens with one attached hydrogen (secondary N) is 1. The van der Waals surface area contributed by atoms with Gasteiger partial charge < -0.3 is 5.11 Å². The van der Waals surface area contributed by atoms with E-state index in [-0.39, 0.29) is 10.6 Å². The predicted octanol–water partition coefficient (Wildman–Crippen LogP) is 3.77. The molecule has 0 saturated heterocycles. The Balaban J connectivity index is 2.05. The zero-order chi connectivity index (χ0) is 18.3. The minimum atomic E-state index is -3.96. The quantitative estimate of drug-likeness (QED) is 0.698. The van der Waals surface area contributed by atoms with Crippen molar-refractivity contribution < 1.29 is 18.3 Å². The first kappa shape index (κ1) is 18.6. The maximum Gasteiger partial charge on any atom is 0.341 e. The molecule has 1 aromatic heterocycles. The number of hydrogen-bond donors (Lipinski definition) is 2. The number of halogens is 2. The number of carboxylic acid groups (broad SMARTS) is 1. The predicted molar refractivity (Wildman–Crippen MR) is 101 cm³/mol. The molecule has 0 fully saturated rings. The molecule has 1 aliphatic heterocycles. The van der Waals surface area contributed by atoms with E-state index in [0.717, 1.165) is 11.8 Å². The third-order valence-corrected chi connectivity index (χ3v) is 8.14. The summed E-state index contributed by atoms with van der Waals surface area (Å²) in [5, 5.41) is 12.6. The van der Waals surface area contributed by atoms with Gasteiger partial charge in [0.2, 0.25) is 4.21 Å². The zero-order valence-electron chi connectivity index (χ0n) is 12.3. The van der Waals surface area contributed by atoms with Gasteiger partial charge in [0.05, 0.1) is 10.6 Å². The van der Waals surface area contributed by atoms with Crippen molar-refractivity contribution in [1.82, 2.24) is 4.72 Å². The van der Waals surface area contributed by atoms with Gasteiger partial charge in [-0.15, -0.1) is 0 Å². The monoisotopic (exact) mass is 435 g/mol. The van der Waals surface area contributed by atoms with Crippen LogP contribution in [-0.4, -0.2) is 23.7 Å². The van der Waals surface area contributed by atoms with Crippen LogP contribution in [0.4, 0.5) is 0 Å². The highest BCUT2D eigenvalue weighted by Gasteiger charge is 2.55. The van der Waals surface area contributed by atoms with E-state index in [4.69, 9.17) is 23.2 Å². The molecule has 2 N–H and O–H groups in total. The average Bonchev–Trinajstić information content (AvgIpc) is 3.17. The Bertz CT molecular complexity index is 931. The molecule has 132 valence electrons. The summed E-state index contributed by atoms with van der Waals surface area (Å²) < 4.78 is 23.8. The fourth-order valence-corrected chi connectivity index (χ4v) is 6.82. The summed E-state index contributed by atoms with van der Waals surface area (Å²) in [6.07, 6.45) is 1.33. The highest BCUT2D eigenvalue weighted by atomic mass is 35.5. The molecule has 0 radical (unpaired) electrons. The Labute approximate surface area is 162 Å². The fraction of sp³-hybridized carbons (Fsp3) is 0.133. The van der Waals surface area contributed by atoms with Crippen molar-refractivity contribution in [2.24, 2.45) is 0 Å². The van der Waals surface area contributed by atoms with Gasteiger partial charge in [0.1, 0.15) is 4.21 Å². The molecule has 0 aliphatic carbocycles. The number of alkyl halides is 2. The molecule has 0 saturated carbocycles. The van der Waals surface area contributed by atoms with E-state index in [2.05, 4.69) is 4.72 Å². The second-order valence-electron chi connectivity index (χ2n) is 5.14. The molecule has 10 heteroatoms. The molecule has 2 heterocycles. The number of carbonyl (C=O) groups is 1. The van der Waals surface area contributed by atoms with Crippen molar-refractivity contribution >= 4 is 62.3 Å². The van der Waals surface area contributed by atoms with Crippen molar-refractivity contribution in [3.05, 3.63) is 64.5 Å². The summed E-state index contributed by atoms with van der Waals surface area (Å²) in [6, 6.07) is 10.1. The normalized spacial score (nSPS) is 26.2. The Morgan fingerprint density at radius 2 is 1.84 bits per heavy atom. The van der Waals surface area contributed by atoms with Gasteiger partial charge in [-0.05, 0) is 23.1 Å². The van der Waals surface area contributed by atoms with E-state index < -0.39 is 24.4 Å². The summed E-state index contributed by atoms with van der Waals surface area (Å²) in [5.41, 5.74) is 0.398. The molecule has 0 bridgehead atoms. The van der Waals surface area contributed by atoms with Crippen LogP contribution in [0.25, 0.3) is 0 Å². The first-order chi connectivity index (χ1) is 11.7. The van der Waals surface area contributed by atoms with Crippen molar-refractivity contribution in [2.45, 2.75) is 13.3 Å². The standard InChI is InChI=1S/C15H11Cl2NO4S3/c16-14(10-4-2-1-3-5-10)8-12(15(17,24-14)13(19)20)18-25(21,22)11-6-7-23-9-11/h1-9,18H,(H,19,20). The van der Waals surface area contributed by atoms with Crippen LogP contribution in [0.2, 0.25) is 0 Å². The zero-order valence-corrected chi connectivity index (χ0v) is 16.3. The van der Waals surface area contributed by atoms with Crippen LogP contribution >= 0.6 is 46.3 Å². The highest BCUT2D eigenvalue weighted by Crippen LogP contribution is 2.58. The number of aliphatic carboxylic acids is 1. The average molecular weight is 436 g/mol. The molecule has 2 unspecified atom stereocenters. The minimum Gasteiger partial charge on any atom is -0.479 e. The summed E-state index contributed by atoms with van der Waals surface area (Å²) in [4.78, 5) is 11.8. The van der Waals surface area contributed by atoms with Crippen molar-refractivity contribution in [3.8, 4) is 0 Å². The van der Waals surface area contributed by atoms with Crippen LogP contribution in [-0.2, 0) is 19.0 Å². The molecule has 25 heavy (non-hydrogen) atoms. The molecule has 2 atom stereocenters. The lowest BCUT2D eigenvalue weighted by atomic mass is 10.1. The number of carboxylic acids is 1. The van der Waals surface area contributed by atoms with Crippen LogP contribution in [0.15, 0.2) is 63.8 Å². The van der Waals surface area contributed by atoms with Gasteiger partial charge in [-0.1, -0.05) is 65.3 Å². The molecular weight excluding hydrogens is 425 g/mol. The van der Waals surface area contributed by atoms with Crippen LogP contribution in [0.3, 0.4) is 0 Å². The Morgan fingerprint density at radius 1 is 1.16 bits per heavy atom. The molecule has 2 aromatic rings. The van der Waals surface area contributed by atoms with Gasteiger partial charge in [0, 0.05) is 5.38 Å². The molecule has 0 amide bonds. The van der Waals surface area contributed by atoms with E-state index in [9.17, 15) is 18.3 Å². The SMILES string of the molecule is O=C(O)C1(Cl)SC(Cl)(c2ccccc2)C=C1NS(=O)(=O)c1ccsc1. The van der Waals surface area contributed by atoms with Crippen LogP contribution < -0.4 is 4.72 Å². The fourth-order valence-electron chi connectivity index (χ4n) is 2.24. The number of thioether (sulfide) groups is 1. The van der Waals surface area contributed by atoms with Crippen molar-refractivity contribution in [2.75, 3.05) is 0 Å². The third kappa shape index (κ3) is 3.41. The van der Waals surface area contributed by atoms with E-state index in [1.165, 1.54) is 28.9 Å². The van der Waals surface area contributed by atoms with Crippen molar-refractivity contribution in [1.29, 1.82) is 0 Å². The van der Waals surface area contributed by atoms with E-state index >= 15 is 0 Å². The van der Waals surface area contributed by atoms with Gasteiger partial charge >= 0.3 is 5.97 Å². The number of rotatable bonds is 5. The largest absolute Gasteiger partial charge is 0.479 e. The summed E-state index contributed by atoms with van der Waals surface area (Å²) in [7, 11) is -3.96. The highest BCUT2D eigenvalue weighted by molar-refractivity contribution is 8.05. The minimum absolute atomic E-state index is 0.0274. The maximum atomic E-state index is 12.5. The van der Waals surface area contributed by atoms with Crippen molar-refractivity contribution in [3.63, 3.8) is 0 Å². The molecule has 1 aliphatic rings. The smallest absolute Gasteiger partial charge is 0.341 e. The topological polar surface area (TPSA) is 83.5 Å². The van der Waals surface area contributed by atoms with Gasteiger partial charge in [0.15, 0.2) is 0 Å². The lowest BCUT2D eigenvalue weighted by molar-refractivity contribution is -0.136. The summed E-state index contributed by atoms with van der Waals surface area (Å²) in [6.45, 7) is 0. The van der Waals surface area contributed by atoms with E-state index in [0.29, 0.717) is 5.56 Å². The lowest BCUT2D eigenvalue weighted by Crippen LogP contribution is -2.38.